The summed E-state index contributed by atoms with van der Waals surface area (Å²) in [5, 5.41) is 21.8. The third-order valence-electron chi connectivity index (χ3n) is 2.48. The number of anilines is 1. The van der Waals surface area contributed by atoms with Gasteiger partial charge in [0, 0.05) is 23.4 Å². The summed E-state index contributed by atoms with van der Waals surface area (Å²) in [6, 6.07) is 4.34. The van der Waals surface area contributed by atoms with Crippen molar-refractivity contribution in [2.75, 3.05) is 5.32 Å². The number of carbonyl (C=O) groups excluding carboxylic acids is 1. The minimum absolute atomic E-state index is 0.00567. The first-order valence-corrected chi connectivity index (χ1v) is 6.65. The highest BCUT2D eigenvalue weighted by atomic mass is 79.9. The number of rotatable bonds is 7. The van der Waals surface area contributed by atoms with E-state index in [1.165, 1.54) is 12.1 Å². The van der Waals surface area contributed by atoms with Crippen molar-refractivity contribution in [2.24, 2.45) is 0 Å². The third kappa shape index (κ3) is 5.35. The molecule has 0 radical (unpaired) electrons. The average Bonchev–Trinajstić information content (AvgIpc) is 2.36. The molecule has 8 heteroatoms. The number of hydrogen-bond acceptors (Lipinski definition) is 4. The first-order chi connectivity index (χ1) is 9.40. The van der Waals surface area contributed by atoms with E-state index in [1.54, 1.807) is 6.07 Å². The van der Waals surface area contributed by atoms with Gasteiger partial charge in [0.25, 0.3) is 5.69 Å². The van der Waals surface area contributed by atoms with E-state index < -0.39 is 10.9 Å². The van der Waals surface area contributed by atoms with Gasteiger partial charge in [-0.1, -0.05) is 15.9 Å². The summed E-state index contributed by atoms with van der Waals surface area (Å²) >= 11 is 3.12. The van der Waals surface area contributed by atoms with Crippen molar-refractivity contribution in [3.05, 3.63) is 32.8 Å². The Morgan fingerprint density at radius 1 is 1.30 bits per heavy atom. The molecule has 108 valence electrons. The van der Waals surface area contributed by atoms with Crippen LogP contribution < -0.4 is 5.32 Å². The number of carboxylic acid groups (broad SMARTS) is 1. The number of nitrogens with zero attached hydrogens (tertiary/aromatic N) is 1. The molecule has 0 atom stereocenters. The number of aliphatic carboxylic acids is 1. The summed E-state index contributed by atoms with van der Waals surface area (Å²) < 4.78 is 0.545. The van der Waals surface area contributed by atoms with E-state index in [9.17, 15) is 19.7 Å². The molecular weight excluding hydrogens is 332 g/mol. The Morgan fingerprint density at radius 2 is 1.95 bits per heavy atom. The Kier molecular flexibility index (Phi) is 6.10. The van der Waals surface area contributed by atoms with Gasteiger partial charge in [0.05, 0.1) is 4.92 Å². The number of nitro groups is 1. The van der Waals surface area contributed by atoms with Crippen LogP contribution in [0.5, 0.6) is 0 Å². The lowest BCUT2D eigenvalue weighted by Crippen LogP contribution is -2.12. The summed E-state index contributed by atoms with van der Waals surface area (Å²) in [5.41, 5.74) is -0.0697. The van der Waals surface area contributed by atoms with Gasteiger partial charge in [-0.3, -0.25) is 19.7 Å². The van der Waals surface area contributed by atoms with Gasteiger partial charge in [-0.05, 0) is 25.0 Å². The maximum absolute atomic E-state index is 11.6. The lowest BCUT2D eigenvalue weighted by atomic mass is 10.2. The monoisotopic (exact) mass is 344 g/mol. The zero-order valence-corrected chi connectivity index (χ0v) is 12.1. The third-order valence-corrected chi connectivity index (χ3v) is 2.97. The van der Waals surface area contributed by atoms with Crippen molar-refractivity contribution >= 4 is 39.2 Å². The highest BCUT2D eigenvalue weighted by molar-refractivity contribution is 9.10. The van der Waals surface area contributed by atoms with Gasteiger partial charge in [-0.2, -0.15) is 0 Å². The van der Waals surface area contributed by atoms with Gasteiger partial charge in [-0.25, -0.2) is 0 Å². The first-order valence-electron chi connectivity index (χ1n) is 5.85. The summed E-state index contributed by atoms with van der Waals surface area (Å²) in [7, 11) is 0. The molecule has 20 heavy (non-hydrogen) atoms. The summed E-state index contributed by atoms with van der Waals surface area (Å²) in [4.78, 5) is 32.2. The Morgan fingerprint density at radius 3 is 2.55 bits per heavy atom. The van der Waals surface area contributed by atoms with Crippen LogP contribution in [0.3, 0.4) is 0 Å². The van der Waals surface area contributed by atoms with E-state index in [2.05, 4.69) is 21.2 Å². The molecule has 0 aromatic heterocycles. The van der Waals surface area contributed by atoms with Crippen LogP contribution in [0.2, 0.25) is 0 Å². The van der Waals surface area contributed by atoms with Crippen molar-refractivity contribution in [3.8, 4) is 0 Å². The average molecular weight is 345 g/mol. The maximum atomic E-state index is 11.6. The molecule has 0 fully saturated rings. The van der Waals surface area contributed by atoms with Crippen LogP contribution in [0.4, 0.5) is 11.4 Å². The molecule has 0 aliphatic heterocycles. The van der Waals surface area contributed by atoms with E-state index >= 15 is 0 Å². The van der Waals surface area contributed by atoms with Gasteiger partial charge in [-0.15, -0.1) is 0 Å². The number of halogens is 1. The zero-order chi connectivity index (χ0) is 15.1. The lowest BCUT2D eigenvalue weighted by Gasteiger charge is -2.06. The Bertz CT molecular complexity index is 533. The largest absolute Gasteiger partial charge is 0.481 e. The number of nitro benzene ring substituents is 1. The number of carbonyl (C=O) groups is 2. The first kappa shape index (κ1) is 16.1. The molecule has 0 spiro atoms. The number of amides is 1. The maximum Gasteiger partial charge on any atom is 0.303 e. The fourth-order valence-corrected chi connectivity index (χ4v) is 1.89. The molecule has 0 bridgehead atoms. The predicted octanol–water partition coefficient (Wildman–Crippen LogP) is 2.94. The highest BCUT2D eigenvalue weighted by Crippen LogP contribution is 2.28. The molecule has 1 aromatic rings. The fourth-order valence-electron chi connectivity index (χ4n) is 1.54. The molecule has 1 amide bonds. The molecule has 1 aromatic carbocycles. The van der Waals surface area contributed by atoms with Gasteiger partial charge >= 0.3 is 5.97 Å². The normalized spacial score (nSPS) is 10.1. The predicted molar refractivity (Wildman–Crippen MR) is 75.5 cm³/mol. The number of nitrogens with one attached hydrogen (secondary N) is 1. The molecule has 2 N–H and O–H groups in total. The number of hydrogen-bond donors (Lipinski definition) is 2. The van der Waals surface area contributed by atoms with Gasteiger partial charge in [0.2, 0.25) is 5.91 Å². The molecule has 0 saturated heterocycles. The van der Waals surface area contributed by atoms with E-state index in [1.807, 2.05) is 0 Å². The second kappa shape index (κ2) is 7.59. The lowest BCUT2D eigenvalue weighted by molar-refractivity contribution is -0.384. The van der Waals surface area contributed by atoms with Crippen LogP contribution in [0.15, 0.2) is 22.7 Å². The molecule has 0 aliphatic carbocycles. The molecule has 0 unspecified atom stereocenters. The zero-order valence-electron chi connectivity index (χ0n) is 10.5. The van der Waals surface area contributed by atoms with E-state index in [4.69, 9.17) is 5.11 Å². The minimum Gasteiger partial charge on any atom is -0.481 e. The van der Waals surface area contributed by atoms with Gasteiger partial charge < -0.3 is 10.4 Å². The van der Waals surface area contributed by atoms with Crippen molar-refractivity contribution in [1.29, 1.82) is 0 Å². The molecular formula is C12H13BrN2O5. The smallest absolute Gasteiger partial charge is 0.303 e. The van der Waals surface area contributed by atoms with Crippen LogP contribution in [0, 0.1) is 10.1 Å². The van der Waals surface area contributed by atoms with E-state index in [-0.39, 0.29) is 30.1 Å². The number of unbranched alkanes of at least 4 members (excludes halogenated alkanes) is 1. The molecule has 1 rings (SSSR count). The number of carboxylic acids is 1. The Hall–Kier alpha value is -1.96. The van der Waals surface area contributed by atoms with Crippen LogP contribution in [0.1, 0.15) is 25.7 Å². The summed E-state index contributed by atoms with van der Waals surface area (Å²) in [6.45, 7) is 0. The SMILES string of the molecule is O=C(O)CCCCC(=O)Nc1ccc(Br)cc1[N+](=O)[O-]. The fraction of sp³-hybridized carbons (Fsp3) is 0.333. The standard InChI is InChI=1S/C12H13BrN2O5/c13-8-5-6-9(10(7-8)15(19)20)14-11(16)3-1-2-4-12(17)18/h5-7H,1-4H2,(H,14,16)(H,17,18). The van der Waals surface area contributed by atoms with E-state index in [0.29, 0.717) is 17.3 Å². The van der Waals surface area contributed by atoms with Crippen LogP contribution >= 0.6 is 15.9 Å². The van der Waals surface area contributed by atoms with Crippen molar-refractivity contribution in [2.45, 2.75) is 25.7 Å². The van der Waals surface area contributed by atoms with Crippen molar-refractivity contribution in [3.63, 3.8) is 0 Å². The topological polar surface area (TPSA) is 110 Å². The second-order valence-corrected chi connectivity index (χ2v) is 4.98. The summed E-state index contributed by atoms with van der Waals surface area (Å²) in [6.07, 6.45) is 0.944. The highest BCUT2D eigenvalue weighted by Gasteiger charge is 2.16. The van der Waals surface area contributed by atoms with Crippen molar-refractivity contribution < 1.29 is 19.6 Å². The van der Waals surface area contributed by atoms with E-state index in [0.717, 1.165) is 0 Å². The molecule has 0 saturated carbocycles. The van der Waals surface area contributed by atoms with Gasteiger partial charge in [0.15, 0.2) is 0 Å². The van der Waals surface area contributed by atoms with Gasteiger partial charge in [0.1, 0.15) is 5.69 Å². The second-order valence-electron chi connectivity index (χ2n) is 4.07. The van der Waals surface area contributed by atoms with Crippen LogP contribution in [0.25, 0.3) is 0 Å². The van der Waals surface area contributed by atoms with Crippen LogP contribution in [-0.4, -0.2) is 21.9 Å². The molecule has 0 heterocycles. The van der Waals surface area contributed by atoms with Crippen molar-refractivity contribution in [1.82, 2.24) is 0 Å². The van der Waals surface area contributed by atoms with Crippen LogP contribution in [-0.2, 0) is 9.59 Å². The number of benzene rings is 1. The Balaban J connectivity index is 2.57. The molecule has 7 nitrogen and oxygen atoms in total. The summed E-state index contributed by atoms with van der Waals surface area (Å²) in [5.74, 6) is -1.28. The molecule has 0 aliphatic rings. The minimum atomic E-state index is -0.908. The quantitative estimate of drug-likeness (QED) is 0.449. The Labute approximate surface area is 123 Å².